The third-order valence-corrected chi connectivity index (χ3v) is 5.09. The molecule has 22 heavy (non-hydrogen) atoms. The van der Waals surface area contributed by atoms with Gasteiger partial charge in [-0.05, 0) is 43.7 Å². The lowest BCUT2D eigenvalue weighted by atomic mass is 9.96. The highest BCUT2D eigenvalue weighted by atomic mass is 16.3. The number of benzene rings is 1. The largest absolute Gasteiger partial charge is 0.396 e. The third-order valence-electron chi connectivity index (χ3n) is 5.09. The van der Waals surface area contributed by atoms with Gasteiger partial charge in [-0.15, -0.1) is 0 Å². The van der Waals surface area contributed by atoms with Crippen molar-refractivity contribution in [3.8, 4) is 0 Å². The van der Waals surface area contributed by atoms with Gasteiger partial charge in [-0.1, -0.05) is 30.3 Å². The van der Waals surface area contributed by atoms with Crippen LogP contribution in [0.25, 0.3) is 0 Å². The van der Waals surface area contributed by atoms with Crippen LogP contribution in [0, 0.1) is 5.92 Å². The summed E-state index contributed by atoms with van der Waals surface area (Å²) in [7, 11) is 0. The van der Waals surface area contributed by atoms with Crippen LogP contribution in [0.2, 0.25) is 0 Å². The Labute approximate surface area is 132 Å². The van der Waals surface area contributed by atoms with Gasteiger partial charge in [-0.25, -0.2) is 0 Å². The summed E-state index contributed by atoms with van der Waals surface area (Å²) in [6.07, 6.45) is 4.47. The van der Waals surface area contributed by atoms with E-state index < -0.39 is 0 Å². The molecule has 3 rings (SSSR count). The van der Waals surface area contributed by atoms with Gasteiger partial charge in [-0.2, -0.15) is 0 Å². The van der Waals surface area contributed by atoms with Crippen molar-refractivity contribution >= 4 is 5.91 Å². The van der Waals surface area contributed by atoms with Crippen molar-refractivity contribution in [3.63, 3.8) is 0 Å². The Bertz CT molecular complexity index is 499. The van der Waals surface area contributed by atoms with Crippen molar-refractivity contribution in [2.24, 2.45) is 5.92 Å². The SMILES string of the molecule is O=C(CN1CCCC(CO)C1)NCC1(c2ccccc2)CC1. The fraction of sp³-hybridized carbons (Fsp3) is 0.611. The Morgan fingerprint density at radius 2 is 2.09 bits per heavy atom. The Balaban J connectivity index is 1.47. The van der Waals surface area contributed by atoms with Crippen molar-refractivity contribution in [1.82, 2.24) is 10.2 Å². The molecule has 2 aliphatic rings. The molecular formula is C18H26N2O2. The van der Waals surface area contributed by atoms with Crippen molar-refractivity contribution in [3.05, 3.63) is 35.9 Å². The Hall–Kier alpha value is -1.39. The van der Waals surface area contributed by atoms with E-state index in [4.69, 9.17) is 0 Å². The highest BCUT2D eigenvalue weighted by Crippen LogP contribution is 2.47. The van der Waals surface area contributed by atoms with Gasteiger partial charge in [0.05, 0.1) is 6.54 Å². The quantitative estimate of drug-likeness (QED) is 0.838. The van der Waals surface area contributed by atoms with Crippen LogP contribution in [-0.2, 0) is 10.2 Å². The number of carbonyl (C=O) groups excluding carboxylic acids is 1. The van der Waals surface area contributed by atoms with Crippen molar-refractivity contribution < 1.29 is 9.90 Å². The van der Waals surface area contributed by atoms with Gasteiger partial charge >= 0.3 is 0 Å². The van der Waals surface area contributed by atoms with Crippen LogP contribution >= 0.6 is 0 Å². The molecule has 0 spiro atoms. The molecule has 1 unspecified atom stereocenters. The van der Waals surface area contributed by atoms with Crippen LogP contribution in [0.3, 0.4) is 0 Å². The predicted octanol–water partition coefficient (Wildman–Crippen LogP) is 1.54. The highest BCUT2D eigenvalue weighted by molar-refractivity contribution is 5.78. The molecule has 0 radical (unpaired) electrons. The lowest BCUT2D eigenvalue weighted by molar-refractivity contribution is -0.122. The lowest BCUT2D eigenvalue weighted by Crippen LogP contribution is -2.44. The first-order valence-corrected chi connectivity index (χ1v) is 8.37. The predicted molar refractivity (Wildman–Crippen MR) is 86.6 cm³/mol. The van der Waals surface area contributed by atoms with Crippen LogP contribution in [0.5, 0.6) is 0 Å². The number of amides is 1. The summed E-state index contributed by atoms with van der Waals surface area (Å²) in [5.74, 6) is 0.446. The number of hydrogen-bond donors (Lipinski definition) is 2. The number of aliphatic hydroxyl groups is 1. The molecule has 1 atom stereocenters. The number of aliphatic hydroxyl groups excluding tert-OH is 1. The van der Waals surface area contributed by atoms with Crippen LogP contribution in [-0.4, -0.2) is 48.7 Å². The number of carbonyl (C=O) groups is 1. The molecule has 0 aromatic heterocycles. The van der Waals surface area contributed by atoms with Gasteiger partial charge in [0.1, 0.15) is 0 Å². The molecule has 1 aliphatic heterocycles. The summed E-state index contributed by atoms with van der Waals surface area (Å²) in [5.41, 5.74) is 1.51. The van der Waals surface area contributed by atoms with E-state index >= 15 is 0 Å². The molecule has 4 nitrogen and oxygen atoms in total. The molecule has 1 saturated carbocycles. The molecule has 1 aliphatic carbocycles. The number of likely N-dealkylation sites (tertiary alicyclic amines) is 1. The molecule has 2 fully saturated rings. The standard InChI is InChI=1S/C18H26N2O2/c21-13-15-5-4-10-20(11-15)12-17(22)19-14-18(8-9-18)16-6-2-1-3-7-16/h1-3,6-7,15,21H,4-5,8-14H2,(H,19,22). The smallest absolute Gasteiger partial charge is 0.234 e. The van der Waals surface area contributed by atoms with E-state index in [1.54, 1.807) is 0 Å². The topological polar surface area (TPSA) is 52.6 Å². The zero-order valence-corrected chi connectivity index (χ0v) is 13.1. The van der Waals surface area contributed by atoms with Crippen molar-refractivity contribution in [1.29, 1.82) is 0 Å². The van der Waals surface area contributed by atoms with Crippen LogP contribution in [0.1, 0.15) is 31.2 Å². The summed E-state index contributed by atoms with van der Waals surface area (Å²) >= 11 is 0. The summed E-state index contributed by atoms with van der Waals surface area (Å²) in [6.45, 7) is 3.24. The zero-order valence-electron chi connectivity index (χ0n) is 13.1. The minimum atomic E-state index is 0.112. The van der Waals surface area contributed by atoms with E-state index in [1.807, 2.05) is 6.07 Å². The maximum absolute atomic E-state index is 12.2. The average Bonchev–Trinajstić information content (AvgIpc) is 3.35. The molecule has 4 heteroatoms. The minimum absolute atomic E-state index is 0.112. The maximum atomic E-state index is 12.2. The van der Waals surface area contributed by atoms with Crippen LogP contribution in [0.15, 0.2) is 30.3 Å². The number of nitrogens with one attached hydrogen (secondary N) is 1. The summed E-state index contributed by atoms with van der Waals surface area (Å²) in [5, 5.41) is 12.4. The van der Waals surface area contributed by atoms with E-state index in [9.17, 15) is 9.90 Å². The normalized spacial score (nSPS) is 24.0. The Morgan fingerprint density at radius 3 is 2.77 bits per heavy atom. The van der Waals surface area contributed by atoms with Gasteiger partial charge in [0.25, 0.3) is 0 Å². The lowest BCUT2D eigenvalue weighted by Gasteiger charge is -2.31. The molecule has 1 aromatic carbocycles. The van der Waals surface area contributed by atoms with E-state index in [1.165, 1.54) is 5.56 Å². The summed E-state index contributed by atoms with van der Waals surface area (Å²) in [6, 6.07) is 10.5. The fourth-order valence-electron chi connectivity index (χ4n) is 3.48. The molecule has 120 valence electrons. The number of piperidine rings is 1. The van der Waals surface area contributed by atoms with Gasteiger partial charge in [0.2, 0.25) is 5.91 Å². The summed E-state index contributed by atoms with van der Waals surface area (Å²) in [4.78, 5) is 14.4. The second-order valence-corrected chi connectivity index (χ2v) is 6.85. The maximum Gasteiger partial charge on any atom is 0.234 e. The minimum Gasteiger partial charge on any atom is -0.396 e. The van der Waals surface area contributed by atoms with E-state index in [-0.39, 0.29) is 17.9 Å². The molecule has 1 heterocycles. The molecule has 1 amide bonds. The van der Waals surface area contributed by atoms with Crippen molar-refractivity contribution in [2.75, 3.05) is 32.8 Å². The second-order valence-electron chi connectivity index (χ2n) is 6.85. The van der Waals surface area contributed by atoms with E-state index in [2.05, 4.69) is 34.5 Å². The fourth-order valence-corrected chi connectivity index (χ4v) is 3.48. The number of hydrogen-bond acceptors (Lipinski definition) is 3. The molecular weight excluding hydrogens is 276 g/mol. The Kier molecular flexibility index (Phi) is 4.79. The first kappa shape index (κ1) is 15.5. The first-order chi connectivity index (χ1) is 10.7. The third kappa shape index (κ3) is 3.68. The number of nitrogens with zero attached hydrogens (tertiary/aromatic N) is 1. The molecule has 1 saturated heterocycles. The number of rotatable bonds is 6. The van der Waals surface area contributed by atoms with Crippen LogP contribution in [0.4, 0.5) is 0 Å². The molecule has 1 aromatic rings. The second kappa shape index (κ2) is 6.80. The van der Waals surface area contributed by atoms with Gasteiger partial charge in [0.15, 0.2) is 0 Å². The van der Waals surface area contributed by atoms with E-state index in [0.29, 0.717) is 12.5 Å². The van der Waals surface area contributed by atoms with Gasteiger partial charge in [0, 0.05) is 25.1 Å². The monoisotopic (exact) mass is 302 g/mol. The van der Waals surface area contributed by atoms with Gasteiger partial charge < -0.3 is 10.4 Å². The van der Waals surface area contributed by atoms with Crippen LogP contribution < -0.4 is 5.32 Å². The molecule has 0 bridgehead atoms. The average molecular weight is 302 g/mol. The Morgan fingerprint density at radius 1 is 1.32 bits per heavy atom. The van der Waals surface area contributed by atoms with Crippen molar-refractivity contribution in [2.45, 2.75) is 31.1 Å². The zero-order chi connectivity index (χ0) is 15.4. The first-order valence-electron chi connectivity index (χ1n) is 8.37. The summed E-state index contributed by atoms with van der Waals surface area (Å²) < 4.78 is 0. The highest BCUT2D eigenvalue weighted by Gasteiger charge is 2.44. The van der Waals surface area contributed by atoms with Gasteiger partial charge in [-0.3, -0.25) is 9.69 Å². The molecule has 2 N–H and O–H groups in total. The van der Waals surface area contributed by atoms with E-state index in [0.717, 1.165) is 45.3 Å².